The lowest BCUT2D eigenvalue weighted by Gasteiger charge is -2.15. The van der Waals surface area contributed by atoms with Gasteiger partial charge in [-0.1, -0.05) is 0 Å². The third-order valence-electron chi connectivity index (χ3n) is 3.46. The van der Waals surface area contributed by atoms with E-state index < -0.39 is 35.9 Å². The molecule has 156 valence electrons. The van der Waals surface area contributed by atoms with Crippen LogP contribution < -0.4 is 14.8 Å². The number of anilines is 1. The first-order chi connectivity index (χ1) is 13.7. The quantitative estimate of drug-likeness (QED) is 0.384. The number of rotatable bonds is 8. The maximum atomic E-state index is 13.2. The van der Waals surface area contributed by atoms with Gasteiger partial charge >= 0.3 is 12.6 Å². The number of methoxy groups -OCH3 is 2. The van der Waals surface area contributed by atoms with Gasteiger partial charge in [0, 0.05) is 17.0 Å². The molecule has 29 heavy (non-hydrogen) atoms. The smallest absolute Gasteiger partial charge is 0.387 e. The van der Waals surface area contributed by atoms with E-state index in [1.807, 2.05) is 0 Å². The molecule has 0 aromatic heterocycles. The summed E-state index contributed by atoms with van der Waals surface area (Å²) in [6.45, 7) is -3.17. The molecule has 0 saturated heterocycles. The minimum absolute atomic E-state index is 0.149. The third kappa shape index (κ3) is 6.01. The first-order valence-corrected chi connectivity index (χ1v) is 8.86. The van der Waals surface area contributed by atoms with E-state index in [-0.39, 0.29) is 22.8 Å². The summed E-state index contributed by atoms with van der Waals surface area (Å²) in [5.74, 6) is -4.38. The molecule has 0 aliphatic heterocycles. The summed E-state index contributed by atoms with van der Waals surface area (Å²) in [5.41, 5.74) is -0.304. The number of halogens is 4. The molecule has 1 amide bonds. The van der Waals surface area contributed by atoms with E-state index in [0.29, 0.717) is 4.90 Å². The lowest BCUT2D eigenvalue weighted by Crippen LogP contribution is -2.18. The predicted octanol–water partition coefficient (Wildman–Crippen LogP) is 4.09. The van der Waals surface area contributed by atoms with Crippen LogP contribution in [0.25, 0.3) is 0 Å². The van der Waals surface area contributed by atoms with Crippen molar-refractivity contribution >= 4 is 29.3 Å². The molecule has 0 radical (unpaired) electrons. The summed E-state index contributed by atoms with van der Waals surface area (Å²) in [5, 5.41) is 2.38. The zero-order valence-corrected chi connectivity index (χ0v) is 15.9. The van der Waals surface area contributed by atoms with Gasteiger partial charge in [-0.15, -0.1) is 11.8 Å². The summed E-state index contributed by atoms with van der Waals surface area (Å²) in [6.07, 6.45) is 0. The molecule has 0 aliphatic carbocycles. The fraction of sp³-hybridized carbons (Fsp3) is 0.222. The van der Waals surface area contributed by atoms with Crippen LogP contribution in [0.5, 0.6) is 11.5 Å². The summed E-state index contributed by atoms with van der Waals surface area (Å²) < 4.78 is 65.3. The van der Waals surface area contributed by atoms with E-state index in [0.717, 1.165) is 43.1 Å². The molecule has 0 aliphatic rings. The van der Waals surface area contributed by atoms with Crippen LogP contribution in [0.2, 0.25) is 0 Å². The van der Waals surface area contributed by atoms with Gasteiger partial charge in [-0.05, 0) is 18.2 Å². The Kier molecular flexibility index (Phi) is 7.71. The summed E-state index contributed by atoms with van der Waals surface area (Å²) >= 11 is 0.902. The van der Waals surface area contributed by atoms with Crippen LogP contribution >= 0.6 is 11.8 Å². The second-order valence-electron chi connectivity index (χ2n) is 5.33. The van der Waals surface area contributed by atoms with E-state index in [4.69, 9.17) is 4.74 Å². The van der Waals surface area contributed by atoms with Crippen molar-refractivity contribution in [1.82, 2.24) is 0 Å². The number of nitrogens with one attached hydrogen (secondary N) is 1. The molecule has 0 heterocycles. The molecule has 0 spiro atoms. The minimum Gasteiger partial charge on any atom is -0.493 e. The molecule has 0 saturated carbocycles. The molecule has 11 heteroatoms. The van der Waals surface area contributed by atoms with Crippen molar-refractivity contribution in [1.29, 1.82) is 0 Å². The van der Waals surface area contributed by atoms with Gasteiger partial charge in [0.15, 0.2) is 23.1 Å². The van der Waals surface area contributed by atoms with Gasteiger partial charge in [0.05, 0.1) is 31.2 Å². The summed E-state index contributed by atoms with van der Waals surface area (Å²) in [7, 11) is 2.29. The first-order valence-electron chi connectivity index (χ1n) is 7.88. The fourth-order valence-electron chi connectivity index (χ4n) is 2.19. The largest absolute Gasteiger partial charge is 0.493 e. The molecule has 2 aromatic carbocycles. The minimum atomic E-state index is -3.17. The van der Waals surface area contributed by atoms with Crippen LogP contribution in [-0.4, -0.2) is 38.5 Å². The Bertz CT molecular complexity index is 910. The number of alkyl halides is 2. The Morgan fingerprint density at radius 2 is 1.79 bits per heavy atom. The van der Waals surface area contributed by atoms with Crippen molar-refractivity contribution in [3.8, 4) is 11.5 Å². The van der Waals surface area contributed by atoms with Crippen molar-refractivity contribution in [2.45, 2.75) is 11.5 Å². The predicted molar refractivity (Wildman–Crippen MR) is 96.7 cm³/mol. The number of hydrogen-bond donors (Lipinski definition) is 1. The number of thioether (sulfide) groups is 1. The number of esters is 1. The maximum Gasteiger partial charge on any atom is 0.387 e. The van der Waals surface area contributed by atoms with E-state index in [1.165, 1.54) is 13.2 Å². The number of carbonyl (C=O) groups excluding carboxylic acids is 2. The molecular formula is C18H15F4NO5S. The summed E-state index contributed by atoms with van der Waals surface area (Å²) in [6, 6.07) is 5.22. The highest BCUT2D eigenvalue weighted by Crippen LogP contribution is 2.35. The number of carbonyl (C=O) groups is 2. The molecular weight excluding hydrogens is 418 g/mol. The van der Waals surface area contributed by atoms with Crippen LogP contribution in [0.3, 0.4) is 0 Å². The van der Waals surface area contributed by atoms with Crippen LogP contribution in [0.4, 0.5) is 23.2 Å². The van der Waals surface area contributed by atoms with Gasteiger partial charge in [0.25, 0.3) is 0 Å². The molecule has 0 fully saturated rings. The average Bonchev–Trinajstić information content (AvgIpc) is 2.68. The zero-order valence-electron chi connectivity index (χ0n) is 15.1. The maximum absolute atomic E-state index is 13.2. The highest BCUT2D eigenvalue weighted by atomic mass is 32.2. The Balaban J connectivity index is 2.22. The first kappa shape index (κ1) is 22.3. The van der Waals surface area contributed by atoms with Crippen molar-refractivity contribution in [3.63, 3.8) is 0 Å². The Morgan fingerprint density at radius 1 is 1.07 bits per heavy atom. The van der Waals surface area contributed by atoms with Gasteiger partial charge in [-0.2, -0.15) is 8.78 Å². The standard InChI is InChI=1S/C18H15F4NO5S/c1-26-14-6-10(17(25)27-2)13(7-15(14)28-18(21)22)23-16(24)8-29-9-3-4-11(19)12(20)5-9/h3-7,18H,8H2,1-2H3,(H,23,24). The van der Waals surface area contributed by atoms with Crippen LogP contribution in [0, 0.1) is 11.6 Å². The lowest BCUT2D eigenvalue weighted by atomic mass is 10.1. The fourth-order valence-corrected chi connectivity index (χ4v) is 2.91. The van der Waals surface area contributed by atoms with E-state index >= 15 is 0 Å². The van der Waals surface area contributed by atoms with E-state index in [1.54, 1.807) is 0 Å². The topological polar surface area (TPSA) is 73.9 Å². The Morgan fingerprint density at radius 3 is 2.38 bits per heavy atom. The van der Waals surface area contributed by atoms with Crippen LogP contribution in [0.15, 0.2) is 35.2 Å². The molecule has 0 bridgehead atoms. The molecule has 2 aromatic rings. The van der Waals surface area contributed by atoms with Gasteiger partial charge in [0.2, 0.25) is 5.91 Å². The third-order valence-corrected chi connectivity index (χ3v) is 4.45. The van der Waals surface area contributed by atoms with Gasteiger partial charge in [-0.25, -0.2) is 13.6 Å². The molecule has 0 unspecified atom stereocenters. The lowest BCUT2D eigenvalue weighted by molar-refractivity contribution is -0.113. The molecule has 0 atom stereocenters. The van der Waals surface area contributed by atoms with E-state index in [9.17, 15) is 27.2 Å². The van der Waals surface area contributed by atoms with Crippen molar-refractivity contribution in [2.24, 2.45) is 0 Å². The number of hydrogen-bond acceptors (Lipinski definition) is 6. The number of amides is 1. The highest BCUT2D eigenvalue weighted by molar-refractivity contribution is 8.00. The van der Waals surface area contributed by atoms with Gasteiger partial charge < -0.3 is 19.5 Å². The van der Waals surface area contributed by atoms with Crippen molar-refractivity contribution in [3.05, 3.63) is 47.5 Å². The van der Waals surface area contributed by atoms with Crippen LogP contribution in [0.1, 0.15) is 10.4 Å². The highest BCUT2D eigenvalue weighted by Gasteiger charge is 2.21. The SMILES string of the molecule is COC(=O)c1cc(OC)c(OC(F)F)cc1NC(=O)CSc1ccc(F)c(F)c1. The normalized spacial score (nSPS) is 10.6. The second kappa shape index (κ2) is 10.0. The van der Waals surface area contributed by atoms with E-state index in [2.05, 4.69) is 14.8 Å². The van der Waals surface area contributed by atoms with Crippen LogP contribution in [-0.2, 0) is 9.53 Å². The van der Waals surface area contributed by atoms with Gasteiger partial charge in [0.1, 0.15) is 0 Å². The van der Waals surface area contributed by atoms with Crippen molar-refractivity contribution in [2.75, 3.05) is 25.3 Å². The summed E-state index contributed by atoms with van der Waals surface area (Å²) in [4.78, 5) is 24.5. The molecule has 1 N–H and O–H groups in total. The van der Waals surface area contributed by atoms with Crippen molar-refractivity contribution < 1.29 is 41.4 Å². The van der Waals surface area contributed by atoms with Gasteiger partial charge in [-0.3, -0.25) is 4.79 Å². The monoisotopic (exact) mass is 433 g/mol. The number of benzene rings is 2. The Hall–Kier alpha value is -2.95. The average molecular weight is 433 g/mol. The Labute approximate surface area is 167 Å². The second-order valence-corrected chi connectivity index (χ2v) is 6.38. The molecule has 2 rings (SSSR count). The number of ether oxygens (including phenoxy) is 3. The zero-order chi connectivity index (χ0) is 21.6. The molecule has 6 nitrogen and oxygen atoms in total.